The summed E-state index contributed by atoms with van der Waals surface area (Å²) in [5, 5.41) is 2.12. The highest BCUT2D eigenvalue weighted by Crippen LogP contribution is 2.29. The van der Waals surface area contributed by atoms with Gasteiger partial charge in [-0.3, -0.25) is 4.31 Å². The van der Waals surface area contributed by atoms with E-state index in [0.717, 1.165) is 15.6 Å². The van der Waals surface area contributed by atoms with Crippen molar-refractivity contribution in [3.63, 3.8) is 0 Å². The minimum atomic E-state index is -3.49. The fourth-order valence-corrected chi connectivity index (χ4v) is 4.84. The molecule has 0 aliphatic rings. The van der Waals surface area contributed by atoms with Crippen LogP contribution in [0, 0.1) is 6.92 Å². The number of nitrogens with zero attached hydrogens (tertiary/aromatic N) is 1. The number of hydrogen-bond acceptors (Lipinski definition) is 3. The highest BCUT2D eigenvalue weighted by molar-refractivity contribution is 7.94. The first-order valence-electron chi connectivity index (χ1n) is 6.53. The summed E-state index contributed by atoms with van der Waals surface area (Å²) in [6.45, 7) is 1.90. The number of aryl methyl sites for hydroxylation is 1. The summed E-state index contributed by atoms with van der Waals surface area (Å²) < 4.78 is 26.9. The van der Waals surface area contributed by atoms with Gasteiger partial charge in [-0.2, -0.15) is 0 Å². The van der Waals surface area contributed by atoms with Gasteiger partial charge in [-0.1, -0.05) is 30.3 Å². The number of sulfonamides is 1. The lowest BCUT2D eigenvalue weighted by Crippen LogP contribution is -2.25. The molecular formula is C16H15NO2S2. The molecule has 0 amide bonds. The van der Waals surface area contributed by atoms with Crippen LogP contribution in [0.15, 0.2) is 58.8 Å². The summed E-state index contributed by atoms with van der Waals surface area (Å²) >= 11 is 1.29. The Bertz CT molecular complexity index is 897. The van der Waals surface area contributed by atoms with Crippen LogP contribution in [-0.2, 0) is 10.0 Å². The number of hydrogen-bond donors (Lipinski definition) is 0. The van der Waals surface area contributed by atoms with Crippen LogP contribution in [-0.4, -0.2) is 15.5 Å². The van der Waals surface area contributed by atoms with Gasteiger partial charge < -0.3 is 0 Å². The quantitative estimate of drug-likeness (QED) is 0.731. The van der Waals surface area contributed by atoms with E-state index >= 15 is 0 Å². The summed E-state index contributed by atoms with van der Waals surface area (Å²) in [4.78, 5) is 0.987. The molecule has 0 atom stereocenters. The van der Waals surface area contributed by atoms with E-state index in [1.807, 2.05) is 55.5 Å². The zero-order valence-corrected chi connectivity index (χ0v) is 13.4. The molecule has 5 heteroatoms. The molecule has 0 bridgehead atoms. The Labute approximate surface area is 128 Å². The summed E-state index contributed by atoms with van der Waals surface area (Å²) in [6, 6.07) is 17.1. The molecule has 0 saturated carbocycles. The topological polar surface area (TPSA) is 37.4 Å². The van der Waals surface area contributed by atoms with E-state index in [4.69, 9.17) is 0 Å². The molecule has 0 fully saturated rings. The van der Waals surface area contributed by atoms with Crippen LogP contribution in [0.3, 0.4) is 0 Å². The van der Waals surface area contributed by atoms with E-state index in [2.05, 4.69) is 0 Å². The van der Waals surface area contributed by atoms with Gasteiger partial charge in [0.05, 0.1) is 5.69 Å². The first kappa shape index (κ1) is 14.1. The summed E-state index contributed by atoms with van der Waals surface area (Å²) in [5.41, 5.74) is 0.666. The van der Waals surface area contributed by atoms with Gasteiger partial charge in [-0.05, 0) is 42.0 Å². The van der Waals surface area contributed by atoms with Crippen molar-refractivity contribution in [3.05, 3.63) is 59.5 Å². The molecule has 0 spiro atoms. The van der Waals surface area contributed by atoms with Gasteiger partial charge in [-0.25, -0.2) is 8.42 Å². The first-order chi connectivity index (χ1) is 9.98. The van der Waals surface area contributed by atoms with E-state index < -0.39 is 10.0 Å². The largest absolute Gasteiger partial charge is 0.273 e. The number of rotatable bonds is 3. The summed E-state index contributed by atoms with van der Waals surface area (Å²) in [5.74, 6) is 0. The molecule has 0 radical (unpaired) electrons. The van der Waals surface area contributed by atoms with Crippen LogP contribution in [0.4, 0.5) is 5.69 Å². The van der Waals surface area contributed by atoms with Crippen molar-refractivity contribution in [2.24, 2.45) is 0 Å². The number of fused-ring (bicyclic) bond motifs is 1. The van der Waals surface area contributed by atoms with Crippen LogP contribution in [0.25, 0.3) is 10.8 Å². The number of thiophene rings is 1. The maximum Gasteiger partial charge on any atom is 0.273 e. The van der Waals surface area contributed by atoms with Crippen molar-refractivity contribution in [2.45, 2.75) is 11.1 Å². The smallest absolute Gasteiger partial charge is 0.269 e. The van der Waals surface area contributed by atoms with Crippen molar-refractivity contribution < 1.29 is 8.42 Å². The third-order valence-electron chi connectivity index (χ3n) is 3.43. The Balaban J connectivity index is 2.05. The number of anilines is 1. The Morgan fingerprint density at radius 2 is 1.67 bits per heavy atom. The Morgan fingerprint density at radius 3 is 2.33 bits per heavy atom. The maximum atomic E-state index is 12.6. The van der Waals surface area contributed by atoms with Gasteiger partial charge >= 0.3 is 0 Å². The molecule has 3 nitrogen and oxygen atoms in total. The molecular weight excluding hydrogens is 302 g/mol. The highest BCUT2D eigenvalue weighted by atomic mass is 32.2. The lowest BCUT2D eigenvalue weighted by Gasteiger charge is -2.19. The minimum absolute atomic E-state index is 0.371. The normalized spacial score (nSPS) is 11.7. The molecule has 3 rings (SSSR count). The Kier molecular flexibility index (Phi) is 3.47. The maximum absolute atomic E-state index is 12.6. The molecule has 1 heterocycles. The molecule has 2 aromatic carbocycles. The van der Waals surface area contributed by atoms with E-state index in [9.17, 15) is 8.42 Å². The Morgan fingerprint density at radius 1 is 0.952 bits per heavy atom. The van der Waals surface area contributed by atoms with Gasteiger partial charge in [0.2, 0.25) is 0 Å². The summed E-state index contributed by atoms with van der Waals surface area (Å²) in [6.07, 6.45) is 0. The van der Waals surface area contributed by atoms with Crippen LogP contribution in [0.5, 0.6) is 0 Å². The van der Waals surface area contributed by atoms with E-state index in [1.165, 1.54) is 15.6 Å². The van der Waals surface area contributed by atoms with Gasteiger partial charge in [-0.15, -0.1) is 11.3 Å². The molecule has 0 aliphatic carbocycles. The monoisotopic (exact) mass is 317 g/mol. The van der Waals surface area contributed by atoms with Crippen LogP contribution < -0.4 is 4.31 Å². The average molecular weight is 317 g/mol. The summed E-state index contributed by atoms with van der Waals surface area (Å²) in [7, 11) is -1.90. The molecule has 108 valence electrons. The fourth-order valence-electron chi connectivity index (χ4n) is 2.20. The third kappa shape index (κ3) is 2.54. The van der Waals surface area contributed by atoms with Gasteiger partial charge in [0.1, 0.15) is 4.21 Å². The second-order valence-electron chi connectivity index (χ2n) is 4.87. The van der Waals surface area contributed by atoms with Crippen molar-refractivity contribution in [1.29, 1.82) is 0 Å². The minimum Gasteiger partial charge on any atom is -0.269 e. The molecule has 0 unspecified atom stereocenters. The fraction of sp³-hybridized carbons (Fsp3) is 0.125. The second-order valence-corrected chi connectivity index (χ2v) is 8.35. The van der Waals surface area contributed by atoms with Crippen LogP contribution in [0.1, 0.15) is 4.88 Å². The third-order valence-corrected chi connectivity index (χ3v) is 6.68. The van der Waals surface area contributed by atoms with Gasteiger partial charge in [0.15, 0.2) is 0 Å². The zero-order valence-electron chi connectivity index (χ0n) is 11.8. The lowest BCUT2D eigenvalue weighted by atomic mass is 10.1. The van der Waals surface area contributed by atoms with Crippen molar-refractivity contribution in [2.75, 3.05) is 11.4 Å². The molecule has 1 aromatic heterocycles. The van der Waals surface area contributed by atoms with Gasteiger partial charge in [0.25, 0.3) is 10.0 Å². The van der Waals surface area contributed by atoms with E-state index in [1.54, 1.807) is 13.1 Å². The Hall–Kier alpha value is -1.85. The standard InChI is InChI=1S/C16H15NO2S2/c1-12-7-10-16(20-12)21(18,19)17(2)15-9-8-13-5-3-4-6-14(13)11-15/h3-11H,1-2H3. The molecule has 0 N–H and O–H groups in total. The van der Waals surface area contributed by atoms with Crippen molar-refractivity contribution in [3.8, 4) is 0 Å². The second kappa shape index (κ2) is 5.16. The lowest BCUT2D eigenvalue weighted by molar-refractivity contribution is 0.596. The first-order valence-corrected chi connectivity index (χ1v) is 8.78. The average Bonchev–Trinajstić information content (AvgIpc) is 2.93. The molecule has 0 aliphatic heterocycles. The van der Waals surface area contributed by atoms with Crippen LogP contribution >= 0.6 is 11.3 Å². The predicted molar refractivity (Wildman–Crippen MR) is 88.6 cm³/mol. The zero-order chi connectivity index (χ0) is 15.0. The molecule has 21 heavy (non-hydrogen) atoms. The highest BCUT2D eigenvalue weighted by Gasteiger charge is 2.22. The SMILES string of the molecule is Cc1ccc(S(=O)(=O)N(C)c2ccc3ccccc3c2)s1. The van der Waals surface area contributed by atoms with Crippen molar-refractivity contribution >= 4 is 37.8 Å². The predicted octanol–water partition coefficient (Wildman–Crippen LogP) is 4.03. The molecule has 0 saturated heterocycles. The van der Waals surface area contributed by atoms with Crippen molar-refractivity contribution in [1.82, 2.24) is 0 Å². The van der Waals surface area contributed by atoms with Crippen LogP contribution in [0.2, 0.25) is 0 Å². The van der Waals surface area contributed by atoms with E-state index in [-0.39, 0.29) is 0 Å². The van der Waals surface area contributed by atoms with Gasteiger partial charge in [0, 0.05) is 11.9 Å². The van der Waals surface area contributed by atoms with E-state index in [0.29, 0.717) is 9.90 Å². The molecule has 3 aromatic rings. The number of benzene rings is 2.